The Morgan fingerprint density at radius 3 is 2.67 bits per heavy atom. The van der Waals surface area contributed by atoms with Gasteiger partial charge in [-0.1, -0.05) is 0 Å². The Labute approximate surface area is 97.2 Å². The maximum absolute atomic E-state index is 12.6. The third-order valence-electron chi connectivity index (χ3n) is 1.60. The quantitative estimate of drug-likeness (QED) is 0.663. The Bertz CT molecular complexity index is 456. The van der Waals surface area contributed by atoms with Crippen LogP contribution in [0.25, 0.3) is 0 Å². The third-order valence-corrected chi connectivity index (χ3v) is 2.15. The van der Waals surface area contributed by atoms with Gasteiger partial charge in [0.2, 0.25) is 0 Å². The van der Waals surface area contributed by atoms with Crippen LogP contribution < -0.4 is 5.73 Å². The fraction of sp³-hybridized carbons (Fsp3) is 0.125. The van der Waals surface area contributed by atoms with Gasteiger partial charge in [-0.2, -0.15) is 5.26 Å². The van der Waals surface area contributed by atoms with Crippen LogP contribution in [-0.4, -0.2) is 10.9 Å². The van der Waals surface area contributed by atoms with Crippen molar-refractivity contribution in [1.29, 1.82) is 5.26 Å². The standard InChI is InChI=1S/C8H4F2IN3O/c9-7(10)5-3(2-12)1-4(11)14-6(5)8(13)15/h1,7H,(H2,13,15). The third kappa shape index (κ3) is 2.38. The highest BCUT2D eigenvalue weighted by atomic mass is 127. The first-order valence-corrected chi connectivity index (χ1v) is 4.73. The summed E-state index contributed by atoms with van der Waals surface area (Å²) in [6.07, 6.45) is -2.95. The molecule has 2 N–H and O–H groups in total. The van der Waals surface area contributed by atoms with E-state index < -0.39 is 23.6 Å². The molecule has 78 valence electrons. The number of carbonyl (C=O) groups excluding carboxylic acids is 1. The van der Waals surface area contributed by atoms with E-state index in [1.54, 1.807) is 28.7 Å². The lowest BCUT2D eigenvalue weighted by atomic mass is 10.1. The van der Waals surface area contributed by atoms with E-state index >= 15 is 0 Å². The largest absolute Gasteiger partial charge is 0.364 e. The molecule has 15 heavy (non-hydrogen) atoms. The van der Waals surface area contributed by atoms with Gasteiger partial charge in [-0.15, -0.1) is 0 Å². The minimum absolute atomic E-state index is 0.266. The molecule has 7 heteroatoms. The molecular formula is C8H4F2IN3O. The Kier molecular flexibility index (Phi) is 3.52. The summed E-state index contributed by atoms with van der Waals surface area (Å²) in [4.78, 5) is 14.4. The molecule has 0 unspecified atom stereocenters. The van der Waals surface area contributed by atoms with Gasteiger partial charge in [0.05, 0.1) is 17.2 Å². The van der Waals surface area contributed by atoms with E-state index in [1.807, 2.05) is 0 Å². The minimum atomic E-state index is -2.95. The van der Waals surface area contributed by atoms with Crippen molar-refractivity contribution in [3.8, 4) is 6.07 Å². The van der Waals surface area contributed by atoms with E-state index in [0.29, 0.717) is 0 Å². The summed E-state index contributed by atoms with van der Waals surface area (Å²) in [5.74, 6) is -1.07. The zero-order valence-corrected chi connectivity index (χ0v) is 9.33. The number of nitrogens with zero attached hydrogens (tertiary/aromatic N) is 2. The van der Waals surface area contributed by atoms with Crippen LogP contribution in [0.3, 0.4) is 0 Å². The predicted molar refractivity (Wildman–Crippen MR) is 55.1 cm³/mol. The van der Waals surface area contributed by atoms with Crippen LogP contribution in [0.2, 0.25) is 0 Å². The smallest absolute Gasteiger partial charge is 0.267 e. The molecule has 4 nitrogen and oxygen atoms in total. The molecule has 0 aromatic carbocycles. The summed E-state index contributed by atoms with van der Waals surface area (Å²) in [7, 11) is 0. The number of pyridine rings is 1. The van der Waals surface area contributed by atoms with Gasteiger partial charge in [-0.05, 0) is 28.7 Å². The number of carbonyl (C=O) groups is 1. The van der Waals surface area contributed by atoms with Crippen LogP contribution in [0.4, 0.5) is 8.78 Å². The Hall–Kier alpha value is -1.30. The van der Waals surface area contributed by atoms with Gasteiger partial charge in [0.25, 0.3) is 12.3 Å². The predicted octanol–water partition coefficient (Wildman–Crippen LogP) is 1.59. The van der Waals surface area contributed by atoms with E-state index in [0.717, 1.165) is 0 Å². The monoisotopic (exact) mass is 323 g/mol. The second kappa shape index (κ2) is 4.48. The number of amides is 1. The maximum atomic E-state index is 12.6. The van der Waals surface area contributed by atoms with Crippen molar-refractivity contribution in [2.24, 2.45) is 5.73 Å². The molecule has 0 saturated heterocycles. The first-order chi connectivity index (χ1) is 6.97. The van der Waals surface area contributed by atoms with Crippen molar-refractivity contribution in [3.63, 3.8) is 0 Å². The number of nitriles is 1. The Morgan fingerprint density at radius 1 is 1.67 bits per heavy atom. The zero-order chi connectivity index (χ0) is 11.6. The highest BCUT2D eigenvalue weighted by Crippen LogP contribution is 2.26. The number of hydrogen-bond acceptors (Lipinski definition) is 3. The Morgan fingerprint density at radius 2 is 2.27 bits per heavy atom. The molecule has 0 spiro atoms. The van der Waals surface area contributed by atoms with Gasteiger partial charge in [0.15, 0.2) is 0 Å². The van der Waals surface area contributed by atoms with Gasteiger partial charge in [0.1, 0.15) is 9.39 Å². The molecule has 0 radical (unpaired) electrons. The minimum Gasteiger partial charge on any atom is -0.364 e. The first kappa shape index (κ1) is 11.8. The van der Waals surface area contributed by atoms with Crippen LogP contribution in [-0.2, 0) is 0 Å². The number of rotatable bonds is 2. The van der Waals surface area contributed by atoms with E-state index in [2.05, 4.69) is 4.98 Å². The summed E-state index contributed by atoms with van der Waals surface area (Å²) in [6, 6.07) is 2.76. The number of halogens is 3. The van der Waals surface area contributed by atoms with Crippen LogP contribution in [0.1, 0.15) is 28.0 Å². The van der Waals surface area contributed by atoms with Crippen LogP contribution >= 0.6 is 22.6 Å². The summed E-state index contributed by atoms with van der Waals surface area (Å²) >= 11 is 1.71. The number of nitrogens with two attached hydrogens (primary N) is 1. The molecule has 0 fully saturated rings. The maximum Gasteiger partial charge on any atom is 0.267 e. The fourth-order valence-corrected chi connectivity index (χ4v) is 1.58. The van der Waals surface area contributed by atoms with Crippen molar-refractivity contribution >= 4 is 28.5 Å². The summed E-state index contributed by atoms with van der Waals surface area (Å²) in [5, 5.41) is 8.63. The Balaban J connectivity index is 3.56. The van der Waals surface area contributed by atoms with E-state index in [4.69, 9.17) is 11.0 Å². The lowest BCUT2D eigenvalue weighted by Crippen LogP contribution is -2.18. The molecule has 0 atom stereocenters. The number of alkyl halides is 2. The average molecular weight is 323 g/mol. The molecule has 1 aromatic rings. The van der Waals surface area contributed by atoms with Gasteiger partial charge < -0.3 is 5.73 Å². The van der Waals surface area contributed by atoms with Crippen LogP contribution in [0, 0.1) is 15.0 Å². The lowest BCUT2D eigenvalue weighted by Gasteiger charge is -2.07. The molecule has 1 aromatic heterocycles. The van der Waals surface area contributed by atoms with E-state index in [-0.39, 0.29) is 9.26 Å². The van der Waals surface area contributed by atoms with Gasteiger partial charge >= 0.3 is 0 Å². The van der Waals surface area contributed by atoms with Crippen LogP contribution in [0.5, 0.6) is 0 Å². The first-order valence-electron chi connectivity index (χ1n) is 3.66. The van der Waals surface area contributed by atoms with Crippen molar-refractivity contribution in [3.05, 3.63) is 26.6 Å². The van der Waals surface area contributed by atoms with Crippen molar-refractivity contribution in [1.82, 2.24) is 4.98 Å². The van der Waals surface area contributed by atoms with Crippen molar-refractivity contribution < 1.29 is 13.6 Å². The molecule has 1 heterocycles. The van der Waals surface area contributed by atoms with Gasteiger partial charge in [-0.3, -0.25) is 4.79 Å². The lowest BCUT2D eigenvalue weighted by molar-refractivity contribution is 0.0979. The number of hydrogen-bond donors (Lipinski definition) is 1. The van der Waals surface area contributed by atoms with Gasteiger partial charge in [0, 0.05) is 0 Å². The highest BCUT2D eigenvalue weighted by Gasteiger charge is 2.23. The molecule has 0 aliphatic heterocycles. The highest BCUT2D eigenvalue weighted by molar-refractivity contribution is 14.1. The number of aromatic nitrogens is 1. The SMILES string of the molecule is N#Cc1cc(I)nc(C(N)=O)c1C(F)F. The molecule has 0 bridgehead atoms. The van der Waals surface area contributed by atoms with Gasteiger partial charge in [-0.25, -0.2) is 13.8 Å². The molecule has 0 aliphatic rings. The van der Waals surface area contributed by atoms with E-state index in [1.165, 1.54) is 6.07 Å². The zero-order valence-electron chi connectivity index (χ0n) is 7.17. The summed E-state index contributed by atoms with van der Waals surface area (Å²) < 4.78 is 25.4. The summed E-state index contributed by atoms with van der Waals surface area (Å²) in [6.45, 7) is 0. The van der Waals surface area contributed by atoms with Crippen LogP contribution in [0.15, 0.2) is 6.07 Å². The van der Waals surface area contributed by atoms with E-state index in [9.17, 15) is 13.6 Å². The normalized spacial score (nSPS) is 10.1. The topological polar surface area (TPSA) is 79.8 Å². The second-order valence-corrected chi connectivity index (χ2v) is 3.64. The second-order valence-electron chi connectivity index (χ2n) is 2.53. The number of primary amides is 1. The molecular weight excluding hydrogens is 319 g/mol. The summed E-state index contributed by atoms with van der Waals surface area (Å²) in [5.41, 5.74) is 3.37. The fourth-order valence-electron chi connectivity index (χ4n) is 1.02. The molecule has 1 rings (SSSR count). The molecule has 0 saturated carbocycles. The van der Waals surface area contributed by atoms with Crippen molar-refractivity contribution in [2.45, 2.75) is 6.43 Å². The molecule has 1 amide bonds. The van der Waals surface area contributed by atoms with Crippen molar-refractivity contribution in [2.75, 3.05) is 0 Å². The average Bonchev–Trinajstić information content (AvgIpc) is 2.15. The molecule has 0 aliphatic carbocycles.